The van der Waals surface area contributed by atoms with E-state index in [0.717, 1.165) is 31.5 Å². The Morgan fingerprint density at radius 2 is 1.63 bits per heavy atom. The summed E-state index contributed by atoms with van der Waals surface area (Å²) in [5, 5.41) is 2.91. The number of rotatable bonds is 9. The van der Waals surface area contributed by atoms with Crippen LogP contribution in [0.15, 0.2) is 54.6 Å². The Bertz CT molecular complexity index is 924. The SMILES string of the molecule is CC[C@@H](C(=O)NCc1ccc(CN2CCCC2)cc1)N(c1ccccc1)S(C)(=O)=O. The summed E-state index contributed by atoms with van der Waals surface area (Å²) < 4.78 is 26.1. The summed E-state index contributed by atoms with van der Waals surface area (Å²) >= 11 is 0. The van der Waals surface area contributed by atoms with Crippen molar-refractivity contribution in [3.63, 3.8) is 0 Å². The zero-order chi connectivity index (χ0) is 21.6. The minimum Gasteiger partial charge on any atom is -0.350 e. The van der Waals surface area contributed by atoms with Gasteiger partial charge in [-0.3, -0.25) is 14.0 Å². The molecule has 2 aromatic carbocycles. The molecule has 0 bridgehead atoms. The van der Waals surface area contributed by atoms with E-state index < -0.39 is 16.1 Å². The van der Waals surface area contributed by atoms with Crippen LogP contribution in [0.3, 0.4) is 0 Å². The Labute approximate surface area is 179 Å². The molecule has 6 nitrogen and oxygen atoms in total. The van der Waals surface area contributed by atoms with Crippen molar-refractivity contribution in [3.8, 4) is 0 Å². The molecule has 1 aliphatic rings. The molecule has 3 rings (SSSR count). The summed E-state index contributed by atoms with van der Waals surface area (Å²) in [6.45, 7) is 5.47. The van der Waals surface area contributed by atoms with E-state index >= 15 is 0 Å². The van der Waals surface area contributed by atoms with Gasteiger partial charge >= 0.3 is 0 Å². The number of nitrogens with one attached hydrogen (secondary N) is 1. The maximum Gasteiger partial charge on any atom is 0.244 e. The third-order valence-corrected chi connectivity index (χ3v) is 6.61. The third kappa shape index (κ3) is 5.83. The number of hydrogen-bond acceptors (Lipinski definition) is 4. The fourth-order valence-electron chi connectivity index (χ4n) is 3.90. The summed E-state index contributed by atoms with van der Waals surface area (Å²) in [4.78, 5) is 15.3. The first kappa shape index (κ1) is 22.3. The van der Waals surface area contributed by atoms with Crippen LogP contribution in [-0.2, 0) is 27.9 Å². The first-order chi connectivity index (χ1) is 14.4. The Hall–Kier alpha value is -2.38. The van der Waals surface area contributed by atoms with Gasteiger partial charge in [0.2, 0.25) is 15.9 Å². The molecule has 30 heavy (non-hydrogen) atoms. The Morgan fingerprint density at radius 1 is 1.03 bits per heavy atom. The minimum atomic E-state index is -3.61. The van der Waals surface area contributed by atoms with Crippen LogP contribution in [0.1, 0.15) is 37.3 Å². The molecule has 1 atom stereocenters. The molecule has 162 valence electrons. The molecule has 1 N–H and O–H groups in total. The summed E-state index contributed by atoms with van der Waals surface area (Å²) in [7, 11) is -3.61. The first-order valence-corrected chi connectivity index (χ1v) is 12.4. The van der Waals surface area contributed by atoms with Crippen LogP contribution >= 0.6 is 0 Å². The van der Waals surface area contributed by atoms with Crippen molar-refractivity contribution in [2.75, 3.05) is 23.7 Å². The van der Waals surface area contributed by atoms with Gasteiger partial charge in [0.25, 0.3) is 0 Å². The summed E-state index contributed by atoms with van der Waals surface area (Å²) in [5.41, 5.74) is 2.76. The molecule has 1 heterocycles. The van der Waals surface area contributed by atoms with Gasteiger partial charge < -0.3 is 5.32 Å². The lowest BCUT2D eigenvalue weighted by Gasteiger charge is -2.30. The van der Waals surface area contributed by atoms with E-state index in [1.54, 1.807) is 24.3 Å². The van der Waals surface area contributed by atoms with Crippen LogP contribution in [-0.4, -0.2) is 44.6 Å². The number of benzene rings is 2. The predicted octanol–water partition coefficient (Wildman–Crippen LogP) is 3.14. The van der Waals surface area contributed by atoms with Crippen molar-refractivity contribution in [1.82, 2.24) is 10.2 Å². The summed E-state index contributed by atoms with van der Waals surface area (Å²) in [6.07, 6.45) is 4.06. The molecule has 0 unspecified atom stereocenters. The van der Waals surface area contributed by atoms with Crippen LogP contribution in [0.4, 0.5) is 5.69 Å². The molecule has 0 aliphatic carbocycles. The highest BCUT2D eigenvalue weighted by atomic mass is 32.2. The van der Waals surface area contributed by atoms with Crippen LogP contribution in [0.5, 0.6) is 0 Å². The highest BCUT2D eigenvalue weighted by Gasteiger charge is 2.31. The van der Waals surface area contributed by atoms with E-state index in [4.69, 9.17) is 0 Å². The minimum absolute atomic E-state index is 0.298. The first-order valence-electron chi connectivity index (χ1n) is 10.5. The lowest BCUT2D eigenvalue weighted by atomic mass is 10.1. The molecular weight excluding hydrogens is 398 g/mol. The van der Waals surface area contributed by atoms with E-state index in [-0.39, 0.29) is 5.91 Å². The van der Waals surface area contributed by atoms with E-state index in [0.29, 0.717) is 18.7 Å². The van der Waals surface area contributed by atoms with Crippen molar-refractivity contribution in [2.45, 2.75) is 45.3 Å². The monoisotopic (exact) mass is 429 g/mol. The number of carbonyl (C=O) groups is 1. The molecule has 7 heteroatoms. The van der Waals surface area contributed by atoms with Gasteiger partial charge in [0.15, 0.2) is 0 Å². The number of carbonyl (C=O) groups excluding carboxylic acids is 1. The van der Waals surface area contributed by atoms with Crippen molar-refractivity contribution in [3.05, 3.63) is 65.7 Å². The molecule has 0 radical (unpaired) electrons. The van der Waals surface area contributed by atoms with Crippen molar-refractivity contribution in [1.29, 1.82) is 0 Å². The Kier molecular flexibility index (Phi) is 7.50. The largest absolute Gasteiger partial charge is 0.350 e. The maximum absolute atomic E-state index is 12.9. The number of anilines is 1. The van der Waals surface area contributed by atoms with Gasteiger partial charge in [-0.2, -0.15) is 0 Å². The second kappa shape index (κ2) is 10.1. The molecular formula is C23H31N3O3S. The molecule has 0 saturated carbocycles. The number of amides is 1. The second-order valence-corrected chi connectivity index (χ2v) is 9.70. The van der Waals surface area contributed by atoms with Crippen LogP contribution in [0, 0.1) is 0 Å². The van der Waals surface area contributed by atoms with Crippen molar-refractivity contribution < 1.29 is 13.2 Å². The number of sulfonamides is 1. The Balaban J connectivity index is 1.64. The molecule has 1 amide bonds. The van der Waals surface area contributed by atoms with Crippen LogP contribution in [0.25, 0.3) is 0 Å². The predicted molar refractivity (Wildman–Crippen MR) is 121 cm³/mol. The van der Waals surface area contributed by atoms with Gasteiger partial charge in [-0.05, 0) is 55.6 Å². The van der Waals surface area contributed by atoms with Gasteiger partial charge in [0.1, 0.15) is 6.04 Å². The smallest absolute Gasteiger partial charge is 0.244 e. The van der Waals surface area contributed by atoms with Crippen LogP contribution in [0.2, 0.25) is 0 Å². The highest BCUT2D eigenvalue weighted by molar-refractivity contribution is 7.92. The number of hydrogen-bond donors (Lipinski definition) is 1. The van der Waals surface area contributed by atoms with E-state index in [9.17, 15) is 13.2 Å². The number of nitrogens with zero attached hydrogens (tertiary/aromatic N) is 2. The van der Waals surface area contributed by atoms with Gasteiger partial charge in [-0.25, -0.2) is 8.42 Å². The zero-order valence-electron chi connectivity index (χ0n) is 17.8. The lowest BCUT2D eigenvalue weighted by molar-refractivity contribution is -0.122. The number of likely N-dealkylation sites (tertiary alicyclic amines) is 1. The van der Waals surface area contributed by atoms with Crippen molar-refractivity contribution >= 4 is 21.6 Å². The molecule has 1 fully saturated rings. The fraction of sp³-hybridized carbons (Fsp3) is 0.435. The summed E-state index contributed by atoms with van der Waals surface area (Å²) in [6, 6.07) is 16.2. The van der Waals surface area contributed by atoms with Gasteiger partial charge in [-0.1, -0.05) is 49.4 Å². The molecule has 2 aromatic rings. The average Bonchev–Trinajstić information content (AvgIpc) is 3.24. The van der Waals surface area contributed by atoms with E-state index in [1.807, 2.05) is 25.1 Å². The van der Waals surface area contributed by atoms with Gasteiger partial charge in [-0.15, -0.1) is 0 Å². The van der Waals surface area contributed by atoms with Crippen molar-refractivity contribution in [2.24, 2.45) is 0 Å². The lowest BCUT2D eigenvalue weighted by Crippen LogP contribution is -2.49. The highest BCUT2D eigenvalue weighted by Crippen LogP contribution is 2.22. The normalized spacial score (nSPS) is 15.7. The van der Waals surface area contributed by atoms with Crippen LogP contribution < -0.4 is 9.62 Å². The fourth-order valence-corrected chi connectivity index (χ4v) is 5.12. The third-order valence-electron chi connectivity index (χ3n) is 5.43. The molecule has 0 aromatic heterocycles. The summed E-state index contributed by atoms with van der Waals surface area (Å²) in [5.74, 6) is -0.298. The topological polar surface area (TPSA) is 69.7 Å². The van der Waals surface area contributed by atoms with E-state index in [1.165, 1.54) is 22.7 Å². The van der Waals surface area contributed by atoms with E-state index in [2.05, 4.69) is 22.3 Å². The molecule has 0 spiro atoms. The zero-order valence-corrected chi connectivity index (χ0v) is 18.6. The number of para-hydroxylation sites is 1. The van der Waals surface area contributed by atoms with Gasteiger partial charge in [0.05, 0.1) is 11.9 Å². The molecule has 1 saturated heterocycles. The Morgan fingerprint density at radius 3 is 2.20 bits per heavy atom. The molecule has 1 aliphatic heterocycles. The van der Waals surface area contributed by atoms with Gasteiger partial charge in [0, 0.05) is 13.1 Å². The maximum atomic E-state index is 12.9. The second-order valence-electron chi connectivity index (χ2n) is 7.84. The quantitative estimate of drug-likeness (QED) is 0.665. The standard InChI is InChI=1S/C23H31N3O3S/c1-3-22(26(30(2,28)29)21-9-5-4-6-10-21)23(27)24-17-19-11-13-20(14-12-19)18-25-15-7-8-16-25/h4-6,9-14,22H,3,7-8,15-18H2,1-2H3,(H,24,27)/t22-/m0/s1. The average molecular weight is 430 g/mol.